The average Bonchev–Trinajstić information content (AvgIpc) is 3.53. The number of nitrogens with one attached hydrogen (secondary N) is 1. The van der Waals surface area contributed by atoms with E-state index >= 15 is 4.79 Å². The monoisotopic (exact) mass is 598 g/mol. The maximum Gasteiger partial charge on any atom is 0.308 e. The Balaban J connectivity index is 1.49. The van der Waals surface area contributed by atoms with Crippen LogP contribution in [0.15, 0.2) is 103 Å². The summed E-state index contributed by atoms with van der Waals surface area (Å²) >= 11 is 0. The van der Waals surface area contributed by atoms with Gasteiger partial charge in [-0.05, 0) is 72.2 Å². The number of hydrogen-bond donors (Lipinski definition) is 1. The van der Waals surface area contributed by atoms with Gasteiger partial charge in [-0.2, -0.15) is 0 Å². The van der Waals surface area contributed by atoms with Crippen molar-refractivity contribution in [3.63, 3.8) is 0 Å². The lowest BCUT2D eigenvalue weighted by molar-refractivity contribution is -0.131. The first-order valence-electron chi connectivity index (χ1n) is 14.9. The van der Waals surface area contributed by atoms with Crippen molar-refractivity contribution in [2.24, 2.45) is 5.92 Å². The molecule has 224 valence electrons. The van der Waals surface area contributed by atoms with E-state index in [9.17, 15) is 14.4 Å². The number of rotatable bonds is 7. The van der Waals surface area contributed by atoms with Crippen LogP contribution in [0.3, 0.4) is 0 Å². The number of nitrogens with zero attached hydrogens (tertiary/aromatic N) is 1. The van der Waals surface area contributed by atoms with E-state index in [1.807, 2.05) is 72.6 Å². The largest absolute Gasteiger partial charge is 0.493 e. The molecule has 4 aromatic carbocycles. The summed E-state index contributed by atoms with van der Waals surface area (Å²) in [6, 6.07) is 26.7. The molecule has 1 amide bonds. The molecule has 1 N–H and O–H groups in total. The Morgan fingerprint density at radius 1 is 0.867 bits per heavy atom. The van der Waals surface area contributed by atoms with E-state index in [0.717, 1.165) is 11.1 Å². The zero-order chi connectivity index (χ0) is 31.3. The van der Waals surface area contributed by atoms with Crippen LogP contribution in [-0.2, 0) is 15.0 Å². The fourth-order valence-corrected chi connectivity index (χ4v) is 7.31. The molecule has 8 heteroatoms. The highest BCUT2D eigenvalue weighted by atomic mass is 16.5. The van der Waals surface area contributed by atoms with Gasteiger partial charge in [0, 0.05) is 24.4 Å². The summed E-state index contributed by atoms with van der Waals surface area (Å²) in [7, 11) is 0. The first-order valence-corrected chi connectivity index (χ1v) is 14.9. The quantitative estimate of drug-likeness (QED) is 0.158. The van der Waals surface area contributed by atoms with Crippen molar-refractivity contribution in [1.29, 1.82) is 0 Å². The van der Waals surface area contributed by atoms with E-state index in [-0.39, 0.29) is 17.5 Å². The maximum absolute atomic E-state index is 15.1. The van der Waals surface area contributed by atoms with Gasteiger partial charge < -0.3 is 19.7 Å². The summed E-state index contributed by atoms with van der Waals surface area (Å²) in [6.07, 6.45) is 3.75. The van der Waals surface area contributed by atoms with Crippen LogP contribution in [0.1, 0.15) is 57.3 Å². The van der Waals surface area contributed by atoms with Crippen LogP contribution in [0.2, 0.25) is 0 Å². The second-order valence-electron chi connectivity index (χ2n) is 11.4. The first-order chi connectivity index (χ1) is 21.9. The van der Waals surface area contributed by atoms with Crippen molar-refractivity contribution in [3.05, 3.63) is 131 Å². The second-order valence-corrected chi connectivity index (χ2v) is 11.4. The fraction of sp³-hybridized carbons (Fsp3) is 0.189. The number of carbonyl (C=O) groups excluding carboxylic acids is 4. The second kappa shape index (κ2) is 10.9. The Labute approximate surface area is 260 Å². The van der Waals surface area contributed by atoms with E-state index in [2.05, 4.69) is 5.32 Å². The average molecular weight is 599 g/mol. The molecule has 0 radical (unpaired) electrons. The van der Waals surface area contributed by atoms with Crippen molar-refractivity contribution < 1.29 is 28.7 Å². The topological polar surface area (TPSA) is 102 Å². The molecule has 0 saturated carbocycles. The summed E-state index contributed by atoms with van der Waals surface area (Å²) in [4.78, 5) is 57.9. The molecule has 0 aromatic heterocycles. The SMILES string of the molecule is CCOc1ccccc1C(=O)[C@H]1[C@@H](C(=O)c2ccc(OC(C)=O)cc2)N2C=Cc3ccccc3[C@@H]2[C@]12C(=O)Nc1ccccc12. The molecule has 7 rings (SSSR count). The van der Waals surface area contributed by atoms with E-state index < -0.39 is 29.4 Å². The molecule has 0 unspecified atom stereocenters. The number of Topliss-reactive ketones (excluding diaryl/α,β-unsaturated/α-hetero) is 2. The molecule has 3 heterocycles. The number of carbonyl (C=O) groups is 4. The molecule has 8 nitrogen and oxygen atoms in total. The highest BCUT2D eigenvalue weighted by Crippen LogP contribution is 2.62. The van der Waals surface area contributed by atoms with Crippen LogP contribution < -0.4 is 14.8 Å². The minimum atomic E-state index is -1.45. The lowest BCUT2D eigenvalue weighted by Crippen LogP contribution is -2.49. The fourth-order valence-electron chi connectivity index (χ4n) is 7.31. The van der Waals surface area contributed by atoms with Crippen LogP contribution in [-0.4, -0.2) is 41.0 Å². The van der Waals surface area contributed by atoms with Gasteiger partial charge in [-0.25, -0.2) is 0 Å². The van der Waals surface area contributed by atoms with Crippen molar-refractivity contribution in [1.82, 2.24) is 4.90 Å². The summed E-state index contributed by atoms with van der Waals surface area (Å²) in [5.41, 5.74) is 2.22. The minimum Gasteiger partial charge on any atom is -0.493 e. The summed E-state index contributed by atoms with van der Waals surface area (Å²) in [5.74, 6) is -1.95. The number of anilines is 1. The van der Waals surface area contributed by atoms with Crippen molar-refractivity contribution in [3.8, 4) is 11.5 Å². The van der Waals surface area contributed by atoms with E-state index in [1.165, 1.54) is 6.92 Å². The van der Waals surface area contributed by atoms with Gasteiger partial charge in [0.15, 0.2) is 11.6 Å². The van der Waals surface area contributed by atoms with Gasteiger partial charge in [-0.15, -0.1) is 0 Å². The normalized spacial score (nSPS) is 22.3. The zero-order valence-electron chi connectivity index (χ0n) is 24.7. The van der Waals surface area contributed by atoms with Crippen LogP contribution in [0.5, 0.6) is 11.5 Å². The number of ketones is 2. The van der Waals surface area contributed by atoms with Gasteiger partial charge in [0.2, 0.25) is 5.91 Å². The highest BCUT2D eigenvalue weighted by molar-refractivity contribution is 6.17. The number of amides is 1. The summed E-state index contributed by atoms with van der Waals surface area (Å²) in [6.45, 7) is 3.48. The number of para-hydroxylation sites is 2. The predicted molar refractivity (Wildman–Crippen MR) is 168 cm³/mol. The summed E-state index contributed by atoms with van der Waals surface area (Å²) in [5, 5.41) is 3.06. The molecule has 4 aromatic rings. The van der Waals surface area contributed by atoms with Crippen molar-refractivity contribution >= 4 is 35.2 Å². The number of ether oxygens (including phenoxy) is 2. The van der Waals surface area contributed by atoms with Gasteiger partial charge in [0.05, 0.1) is 24.1 Å². The molecule has 1 spiro atoms. The number of hydrogen-bond acceptors (Lipinski definition) is 7. The standard InChI is InChI=1S/C37H30N2O6/c1-3-44-30-15-9-6-12-27(30)34(42)31-32(33(41)24-16-18-25(19-17-24)45-22(2)40)39-21-20-23-10-4-5-11-26(23)35(39)37(31)28-13-7-8-14-29(28)38-36(37)43/h4-21,31-32,35H,3H2,1-2H3,(H,38,43)/t31-,32+,35-,37-/m1/s1. The number of esters is 1. The zero-order valence-corrected chi connectivity index (χ0v) is 24.7. The molecular formula is C37H30N2O6. The summed E-state index contributed by atoms with van der Waals surface area (Å²) < 4.78 is 11.1. The Morgan fingerprint density at radius 2 is 1.58 bits per heavy atom. The van der Waals surface area contributed by atoms with Crippen molar-refractivity contribution in [2.45, 2.75) is 31.3 Å². The smallest absolute Gasteiger partial charge is 0.308 e. The van der Waals surface area contributed by atoms with Crippen LogP contribution in [0.4, 0.5) is 5.69 Å². The maximum atomic E-state index is 15.1. The third-order valence-corrected chi connectivity index (χ3v) is 8.97. The van der Waals surface area contributed by atoms with Gasteiger partial charge in [-0.3, -0.25) is 19.2 Å². The van der Waals surface area contributed by atoms with E-state index in [1.54, 1.807) is 48.5 Å². The molecule has 45 heavy (non-hydrogen) atoms. The third-order valence-electron chi connectivity index (χ3n) is 8.97. The minimum absolute atomic E-state index is 0.300. The third kappa shape index (κ3) is 4.28. The van der Waals surface area contributed by atoms with Gasteiger partial charge in [0.1, 0.15) is 23.0 Å². The molecule has 1 fully saturated rings. The van der Waals surface area contributed by atoms with E-state index in [4.69, 9.17) is 9.47 Å². The van der Waals surface area contributed by atoms with Gasteiger partial charge >= 0.3 is 5.97 Å². The molecule has 1 saturated heterocycles. The predicted octanol–water partition coefficient (Wildman–Crippen LogP) is 5.99. The highest BCUT2D eigenvalue weighted by Gasteiger charge is 2.70. The molecule has 3 aliphatic heterocycles. The first kappa shape index (κ1) is 28.3. The Morgan fingerprint density at radius 3 is 2.36 bits per heavy atom. The van der Waals surface area contributed by atoms with Crippen molar-refractivity contribution in [2.75, 3.05) is 11.9 Å². The molecule has 0 aliphatic carbocycles. The molecule has 0 bridgehead atoms. The van der Waals surface area contributed by atoms with Gasteiger partial charge in [-0.1, -0.05) is 54.6 Å². The molecule has 4 atom stereocenters. The number of fused-ring (bicyclic) bond motifs is 6. The van der Waals surface area contributed by atoms with Crippen LogP contribution in [0, 0.1) is 5.92 Å². The Kier molecular flexibility index (Phi) is 6.85. The molecule has 3 aliphatic rings. The Bertz CT molecular complexity index is 1900. The lowest BCUT2D eigenvalue weighted by Gasteiger charge is -2.38. The van der Waals surface area contributed by atoms with Gasteiger partial charge in [0.25, 0.3) is 0 Å². The number of benzene rings is 4. The lowest BCUT2D eigenvalue weighted by atomic mass is 9.62. The molecular weight excluding hydrogens is 568 g/mol. The van der Waals surface area contributed by atoms with Crippen LogP contribution in [0.25, 0.3) is 6.08 Å². The van der Waals surface area contributed by atoms with Crippen LogP contribution >= 0.6 is 0 Å². The Hall–Kier alpha value is -5.50. The van der Waals surface area contributed by atoms with E-state index in [0.29, 0.717) is 40.5 Å².